The van der Waals surface area contributed by atoms with Gasteiger partial charge in [0.25, 0.3) is 0 Å². The number of benzene rings is 2. The van der Waals surface area contributed by atoms with Gasteiger partial charge in [-0.15, -0.1) is 5.10 Å². The first-order chi connectivity index (χ1) is 10.6. The fourth-order valence-corrected chi connectivity index (χ4v) is 2.44. The second kappa shape index (κ2) is 5.75. The van der Waals surface area contributed by atoms with Gasteiger partial charge in [-0.3, -0.25) is 0 Å². The summed E-state index contributed by atoms with van der Waals surface area (Å²) in [5.74, 6) is -1.06. The van der Waals surface area contributed by atoms with Crippen LogP contribution >= 0.6 is 23.2 Å². The fraction of sp³-hybridized carbons (Fsp3) is 0. The van der Waals surface area contributed by atoms with Crippen LogP contribution in [0.25, 0.3) is 16.8 Å². The van der Waals surface area contributed by atoms with E-state index in [-0.39, 0.29) is 5.56 Å². The number of rotatable bonds is 3. The highest BCUT2D eigenvalue weighted by molar-refractivity contribution is 6.43. The van der Waals surface area contributed by atoms with Crippen molar-refractivity contribution in [2.24, 2.45) is 0 Å². The maximum absolute atomic E-state index is 11.3. The number of aromatic carboxylic acids is 1. The van der Waals surface area contributed by atoms with Gasteiger partial charge in [-0.2, -0.15) is 0 Å². The van der Waals surface area contributed by atoms with Crippen LogP contribution in [-0.2, 0) is 0 Å². The highest BCUT2D eigenvalue weighted by Crippen LogP contribution is 2.34. The van der Waals surface area contributed by atoms with Gasteiger partial charge in [-0.25, -0.2) is 9.48 Å². The average Bonchev–Trinajstić information content (AvgIpc) is 3.04. The van der Waals surface area contributed by atoms with Crippen LogP contribution in [0.1, 0.15) is 10.4 Å². The standard InChI is InChI=1S/C14H8Cl2N4O2/c15-12-3-1-2-11(13(12)16)8-4-9(14(21)22)6-10(5-8)20-7-17-18-19-20/h1-7H,(H,21,22). The molecular formula is C14H8Cl2N4O2. The first-order valence-electron chi connectivity index (χ1n) is 6.12. The Hall–Kier alpha value is -2.44. The van der Waals surface area contributed by atoms with E-state index in [1.807, 2.05) is 0 Å². The molecule has 0 bridgehead atoms. The van der Waals surface area contributed by atoms with Crippen LogP contribution in [0.4, 0.5) is 0 Å². The Balaban J connectivity index is 2.23. The lowest BCUT2D eigenvalue weighted by atomic mass is 10.0. The normalized spacial score (nSPS) is 10.6. The SMILES string of the molecule is O=C(O)c1cc(-c2cccc(Cl)c2Cl)cc(-n2cnnn2)c1. The van der Waals surface area contributed by atoms with Gasteiger partial charge >= 0.3 is 5.97 Å². The zero-order valence-corrected chi connectivity index (χ0v) is 12.5. The zero-order chi connectivity index (χ0) is 15.7. The summed E-state index contributed by atoms with van der Waals surface area (Å²) in [7, 11) is 0. The molecule has 0 amide bonds. The lowest BCUT2D eigenvalue weighted by molar-refractivity contribution is 0.0697. The Morgan fingerprint density at radius 3 is 2.68 bits per heavy atom. The number of halogens is 2. The number of hydrogen-bond acceptors (Lipinski definition) is 4. The van der Waals surface area contributed by atoms with Crippen LogP contribution in [0.5, 0.6) is 0 Å². The number of nitrogens with zero attached hydrogens (tertiary/aromatic N) is 4. The zero-order valence-electron chi connectivity index (χ0n) is 10.9. The molecule has 0 aliphatic heterocycles. The van der Waals surface area contributed by atoms with E-state index in [9.17, 15) is 9.90 Å². The van der Waals surface area contributed by atoms with E-state index in [1.165, 1.54) is 23.1 Å². The summed E-state index contributed by atoms with van der Waals surface area (Å²) in [4.78, 5) is 11.3. The van der Waals surface area contributed by atoms with Crippen molar-refractivity contribution < 1.29 is 9.90 Å². The molecule has 6 nitrogen and oxygen atoms in total. The van der Waals surface area contributed by atoms with Crippen LogP contribution in [0, 0.1) is 0 Å². The fourth-order valence-electron chi connectivity index (χ4n) is 2.03. The lowest BCUT2D eigenvalue weighted by Crippen LogP contribution is -2.02. The minimum Gasteiger partial charge on any atom is -0.478 e. The Bertz CT molecular complexity index is 850. The van der Waals surface area contributed by atoms with Crippen molar-refractivity contribution in [3.05, 3.63) is 58.3 Å². The van der Waals surface area contributed by atoms with Crippen molar-refractivity contribution >= 4 is 29.2 Å². The van der Waals surface area contributed by atoms with Crippen molar-refractivity contribution in [2.45, 2.75) is 0 Å². The highest BCUT2D eigenvalue weighted by Gasteiger charge is 2.13. The Morgan fingerprint density at radius 2 is 2.00 bits per heavy atom. The first-order valence-corrected chi connectivity index (χ1v) is 6.88. The van der Waals surface area contributed by atoms with E-state index < -0.39 is 5.97 Å². The third kappa shape index (κ3) is 2.66. The molecule has 0 fully saturated rings. The average molecular weight is 335 g/mol. The van der Waals surface area contributed by atoms with Gasteiger partial charge in [0.2, 0.25) is 0 Å². The number of carboxylic acids is 1. The molecule has 22 heavy (non-hydrogen) atoms. The summed E-state index contributed by atoms with van der Waals surface area (Å²) < 4.78 is 1.37. The minimum atomic E-state index is -1.06. The van der Waals surface area contributed by atoms with Gasteiger partial charge in [-0.1, -0.05) is 35.3 Å². The topological polar surface area (TPSA) is 80.9 Å². The van der Waals surface area contributed by atoms with E-state index in [4.69, 9.17) is 23.2 Å². The summed E-state index contributed by atoms with van der Waals surface area (Å²) in [6.07, 6.45) is 1.38. The maximum atomic E-state index is 11.3. The molecule has 0 saturated heterocycles. The molecule has 0 spiro atoms. The van der Waals surface area contributed by atoms with Gasteiger partial charge in [0.1, 0.15) is 6.33 Å². The smallest absolute Gasteiger partial charge is 0.335 e. The summed E-state index contributed by atoms with van der Waals surface area (Å²) in [6, 6.07) is 9.90. The largest absolute Gasteiger partial charge is 0.478 e. The number of hydrogen-bond donors (Lipinski definition) is 1. The summed E-state index contributed by atoms with van der Waals surface area (Å²) in [5, 5.41) is 20.9. The van der Waals surface area contributed by atoms with Crippen LogP contribution < -0.4 is 0 Å². The van der Waals surface area contributed by atoms with Crippen molar-refractivity contribution in [3.8, 4) is 16.8 Å². The molecule has 0 aliphatic rings. The molecule has 0 unspecified atom stereocenters. The van der Waals surface area contributed by atoms with E-state index in [0.29, 0.717) is 26.9 Å². The van der Waals surface area contributed by atoms with Crippen LogP contribution in [0.15, 0.2) is 42.7 Å². The number of tetrazole rings is 1. The number of aromatic nitrogens is 4. The summed E-state index contributed by atoms with van der Waals surface area (Å²) in [5.41, 5.74) is 1.85. The number of carboxylic acid groups (broad SMARTS) is 1. The second-order valence-corrected chi connectivity index (χ2v) is 5.21. The van der Waals surface area contributed by atoms with E-state index >= 15 is 0 Å². The molecule has 1 N–H and O–H groups in total. The van der Waals surface area contributed by atoms with Gasteiger partial charge in [0.15, 0.2) is 0 Å². The second-order valence-electron chi connectivity index (χ2n) is 4.43. The Labute approximate surface area is 134 Å². The molecule has 3 rings (SSSR count). The molecule has 3 aromatic rings. The molecule has 1 aromatic heterocycles. The van der Waals surface area contributed by atoms with Gasteiger partial charge in [0, 0.05) is 5.56 Å². The third-order valence-corrected chi connectivity index (χ3v) is 3.86. The van der Waals surface area contributed by atoms with Gasteiger partial charge in [0.05, 0.1) is 21.3 Å². The molecule has 2 aromatic carbocycles. The van der Waals surface area contributed by atoms with E-state index in [1.54, 1.807) is 24.3 Å². The minimum absolute atomic E-state index is 0.0963. The van der Waals surface area contributed by atoms with Gasteiger partial charge < -0.3 is 5.11 Å². The Kier molecular flexibility index (Phi) is 3.79. The summed E-state index contributed by atoms with van der Waals surface area (Å²) in [6.45, 7) is 0. The Morgan fingerprint density at radius 1 is 1.18 bits per heavy atom. The van der Waals surface area contributed by atoms with Crippen molar-refractivity contribution in [1.82, 2.24) is 20.2 Å². The quantitative estimate of drug-likeness (QED) is 0.794. The van der Waals surface area contributed by atoms with Crippen LogP contribution in [-0.4, -0.2) is 31.3 Å². The predicted molar refractivity (Wildman–Crippen MR) is 81.6 cm³/mol. The summed E-state index contributed by atoms with van der Waals surface area (Å²) >= 11 is 12.2. The monoisotopic (exact) mass is 334 g/mol. The molecule has 0 radical (unpaired) electrons. The predicted octanol–water partition coefficient (Wildman–Crippen LogP) is 3.33. The van der Waals surface area contributed by atoms with Crippen molar-refractivity contribution in [1.29, 1.82) is 0 Å². The maximum Gasteiger partial charge on any atom is 0.335 e. The molecule has 0 saturated carbocycles. The molecular weight excluding hydrogens is 327 g/mol. The van der Waals surface area contributed by atoms with E-state index in [2.05, 4.69) is 15.5 Å². The lowest BCUT2D eigenvalue weighted by Gasteiger charge is -2.09. The molecule has 0 atom stereocenters. The number of carbonyl (C=O) groups is 1. The third-order valence-electron chi connectivity index (χ3n) is 3.04. The molecule has 8 heteroatoms. The van der Waals surface area contributed by atoms with Gasteiger partial charge in [-0.05, 0) is 40.3 Å². The van der Waals surface area contributed by atoms with Crippen molar-refractivity contribution in [2.75, 3.05) is 0 Å². The van der Waals surface area contributed by atoms with Crippen LogP contribution in [0.3, 0.4) is 0 Å². The molecule has 0 aliphatic carbocycles. The van der Waals surface area contributed by atoms with E-state index in [0.717, 1.165) is 0 Å². The first kappa shape index (κ1) is 14.5. The molecule has 110 valence electrons. The molecule has 1 heterocycles. The van der Waals surface area contributed by atoms with Crippen LogP contribution in [0.2, 0.25) is 10.0 Å². The van der Waals surface area contributed by atoms with Crippen molar-refractivity contribution in [3.63, 3.8) is 0 Å². The highest BCUT2D eigenvalue weighted by atomic mass is 35.5.